The highest BCUT2D eigenvalue weighted by atomic mass is 16.7. The molecule has 0 bridgehead atoms. The van der Waals surface area contributed by atoms with Crippen LogP contribution >= 0.6 is 0 Å². The van der Waals surface area contributed by atoms with Crippen molar-refractivity contribution in [3.63, 3.8) is 0 Å². The fourth-order valence-corrected chi connectivity index (χ4v) is 8.97. The summed E-state index contributed by atoms with van der Waals surface area (Å²) in [5.74, 6) is -0.691. The Morgan fingerprint density at radius 2 is 0.825 bits per heavy atom. The largest absolute Gasteiger partial charge is 0.394 e. The van der Waals surface area contributed by atoms with Gasteiger partial charge < -0.3 is 50.5 Å². The number of carbonyl (C=O) groups is 1. The zero-order chi connectivity index (χ0) is 46.2. The molecule has 0 spiro atoms. The maximum Gasteiger partial charge on any atom is 0.249 e. The molecule has 1 aliphatic rings. The molecule has 11 nitrogen and oxygen atoms in total. The van der Waals surface area contributed by atoms with Gasteiger partial charge in [-0.05, 0) is 12.8 Å². The zero-order valence-electron chi connectivity index (χ0n) is 40.8. The van der Waals surface area contributed by atoms with Crippen LogP contribution in [-0.2, 0) is 14.3 Å². The number of ether oxygens (including phenoxy) is 2. The molecular formula is C52H103NO10. The number of carbonyl (C=O) groups excluding carboxylic acids is 1. The molecule has 11 heteroatoms. The van der Waals surface area contributed by atoms with Crippen molar-refractivity contribution in [3.8, 4) is 0 Å². The molecule has 1 fully saturated rings. The first kappa shape index (κ1) is 60.1. The highest BCUT2D eigenvalue weighted by Gasteiger charge is 2.44. The lowest BCUT2D eigenvalue weighted by molar-refractivity contribution is -0.303. The number of nitrogens with one attached hydrogen (secondary N) is 1. The quantitative estimate of drug-likeness (QED) is 0.0273. The lowest BCUT2D eigenvalue weighted by Crippen LogP contribution is -2.60. The topological polar surface area (TPSA) is 189 Å². The van der Waals surface area contributed by atoms with Gasteiger partial charge in [-0.15, -0.1) is 0 Å². The minimum Gasteiger partial charge on any atom is -0.394 e. The van der Waals surface area contributed by atoms with E-state index < -0.39 is 74.2 Å². The molecule has 1 aliphatic heterocycles. The van der Waals surface area contributed by atoms with Gasteiger partial charge in [-0.1, -0.05) is 245 Å². The van der Waals surface area contributed by atoms with Crippen molar-refractivity contribution in [1.29, 1.82) is 0 Å². The Hall–Kier alpha value is -0.890. The van der Waals surface area contributed by atoms with Crippen molar-refractivity contribution in [3.05, 3.63) is 0 Å². The van der Waals surface area contributed by atoms with Gasteiger partial charge in [-0.25, -0.2) is 0 Å². The van der Waals surface area contributed by atoms with E-state index in [1.165, 1.54) is 180 Å². The molecule has 0 aromatic rings. The summed E-state index contributed by atoms with van der Waals surface area (Å²) in [5.41, 5.74) is 0. The van der Waals surface area contributed by atoms with Crippen LogP contribution < -0.4 is 5.32 Å². The number of aliphatic hydroxyl groups is 7. The van der Waals surface area contributed by atoms with Crippen molar-refractivity contribution < 1.29 is 50.0 Å². The van der Waals surface area contributed by atoms with Crippen LogP contribution in [0.3, 0.4) is 0 Å². The van der Waals surface area contributed by atoms with Gasteiger partial charge in [0.1, 0.15) is 36.6 Å². The van der Waals surface area contributed by atoms with Crippen molar-refractivity contribution in [2.45, 2.75) is 313 Å². The van der Waals surface area contributed by atoms with E-state index in [-0.39, 0.29) is 6.42 Å². The maximum atomic E-state index is 13.1. The third-order valence-corrected chi connectivity index (χ3v) is 13.4. The molecule has 1 rings (SSSR count). The Balaban J connectivity index is 2.35. The summed E-state index contributed by atoms with van der Waals surface area (Å²) in [4.78, 5) is 13.1. The van der Waals surface area contributed by atoms with Gasteiger partial charge in [-0.2, -0.15) is 0 Å². The fraction of sp³-hybridized carbons (Fsp3) is 0.981. The number of aliphatic hydroxyl groups excluding tert-OH is 7. The van der Waals surface area contributed by atoms with Gasteiger partial charge in [-0.3, -0.25) is 4.79 Å². The number of hydrogen-bond donors (Lipinski definition) is 8. The van der Waals surface area contributed by atoms with Crippen LogP contribution in [0, 0.1) is 0 Å². The van der Waals surface area contributed by atoms with Crippen LogP contribution in [0.2, 0.25) is 0 Å². The van der Waals surface area contributed by atoms with Crippen molar-refractivity contribution in [2.75, 3.05) is 13.2 Å². The van der Waals surface area contributed by atoms with Gasteiger partial charge >= 0.3 is 0 Å². The number of rotatable bonds is 46. The van der Waals surface area contributed by atoms with Crippen LogP contribution in [-0.4, -0.2) is 110 Å². The lowest BCUT2D eigenvalue weighted by Gasteiger charge is -2.40. The van der Waals surface area contributed by atoms with Crippen LogP contribution in [0.5, 0.6) is 0 Å². The smallest absolute Gasteiger partial charge is 0.249 e. The van der Waals surface area contributed by atoms with Crippen LogP contribution in [0.4, 0.5) is 0 Å². The Morgan fingerprint density at radius 1 is 0.492 bits per heavy atom. The number of amides is 1. The Bertz CT molecular complexity index is 991. The van der Waals surface area contributed by atoms with E-state index in [9.17, 15) is 40.5 Å². The van der Waals surface area contributed by atoms with Gasteiger partial charge in [0.2, 0.25) is 5.91 Å². The summed E-state index contributed by atoms with van der Waals surface area (Å²) in [6.07, 6.45) is 34.3. The molecule has 1 amide bonds. The Labute approximate surface area is 386 Å². The normalized spacial score (nSPS) is 21.1. The van der Waals surface area contributed by atoms with Gasteiger partial charge in [0.05, 0.1) is 25.4 Å². The zero-order valence-corrected chi connectivity index (χ0v) is 40.8. The number of hydrogen-bond acceptors (Lipinski definition) is 10. The van der Waals surface area contributed by atoms with Gasteiger partial charge in [0.15, 0.2) is 6.29 Å². The molecule has 0 saturated carbocycles. The molecule has 0 aromatic heterocycles. The molecular weight excluding hydrogens is 799 g/mol. The van der Waals surface area contributed by atoms with Crippen LogP contribution in [0.15, 0.2) is 0 Å². The molecule has 9 atom stereocenters. The third kappa shape index (κ3) is 31.7. The summed E-state index contributed by atoms with van der Waals surface area (Å²) in [6.45, 7) is 3.48. The molecule has 63 heavy (non-hydrogen) atoms. The Morgan fingerprint density at radius 3 is 1.17 bits per heavy atom. The third-order valence-electron chi connectivity index (χ3n) is 13.4. The average molecular weight is 902 g/mol. The summed E-state index contributed by atoms with van der Waals surface area (Å²) < 4.78 is 11.1. The van der Waals surface area contributed by atoms with Gasteiger partial charge in [0, 0.05) is 0 Å². The first-order valence-electron chi connectivity index (χ1n) is 26.9. The molecule has 8 N–H and O–H groups in total. The molecule has 376 valence electrons. The van der Waals surface area contributed by atoms with E-state index in [4.69, 9.17) is 9.47 Å². The summed E-state index contributed by atoms with van der Waals surface area (Å²) in [7, 11) is 0. The average Bonchev–Trinajstić information content (AvgIpc) is 3.28. The minimum atomic E-state index is -1.66. The Kier molecular flexibility index (Phi) is 40.5. The predicted molar refractivity (Wildman–Crippen MR) is 256 cm³/mol. The molecule has 1 heterocycles. The van der Waals surface area contributed by atoms with E-state index in [0.717, 1.165) is 38.5 Å². The van der Waals surface area contributed by atoms with Crippen molar-refractivity contribution >= 4 is 5.91 Å². The molecule has 0 aromatic carbocycles. The second-order valence-electron chi connectivity index (χ2n) is 19.3. The summed E-state index contributed by atoms with van der Waals surface area (Å²) in [6, 6.07) is -1.16. The lowest BCUT2D eigenvalue weighted by atomic mass is 9.98. The molecule has 0 radical (unpaired) electrons. The molecule has 9 unspecified atom stereocenters. The van der Waals surface area contributed by atoms with E-state index in [2.05, 4.69) is 19.2 Å². The van der Waals surface area contributed by atoms with E-state index in [1.54, 1.807) is 0 Å². The second kappa shape index (κ2) is 42.5. The van der Waals surface area contributed by atoms with E-state index in [1.807, 2.05) is 0 Å². The summed E-state index contributed by atoms with van der Waals surface area (Å²) >= 11 is 0. The predicted octanol–water partition coefficient (Wildman–Crippen LogP) is 10.2. The second-order valence-corrected chi connectivity index (χ2v) is 19.3. The fourth-order valence-electron chi connectivity index (χ4n) is 8.97. The van der Waals surface area contributed by atoms with Crippen molar-refractivity contribution in [1.82, 2.24) is 5.32 Å². The first-order chi connectivity index (χ1) is 30.7. The van der Waals surface area contributed by atoms with Crippen molar-refractivity contribution in [2.24, 2.45) is 0 Å². The minimum absolute atomic E-state index is 0.267. The van der Waals surface area contributed by atoms with E-state index in [0.29, 0.717) is 19.3 Å². The molecule has 0 aliphatic carbocycles. The van der Waals surface area contributed by atoms with E-state index >= 15 is 0 Å². The SMILES string of the molecule is CCCCCCCCCCCCCCCCCCCCCCC(O)C(=O)NC(COC1OC(CO)C(O)C(O)C1O)C(O)C(O)CCCCCCCCCCCCCCCCCC. The highest BCUT2D eigenvalue weighted by molar-refractivity contribution is 5.80. The van der Waals surface area contributed by atoms with Crippen LogP contribution in [0.1, 0.15) is 258 Å². The first-order valence-corrected chi connectivity index (χ1v) is 26.9. The summed E-state index contributed by atoms with van der Waals surface area (Å²) in [5, 5.41) is 76.0. The molecule has 1 saturated heterocycles. The highest BCUT2D eigenvalue weighted by Crippen LogP contribution is 2.23. The maximum absolute atomic E-state index is 13.1. The van der Waals surface area contributed by atoms with Gasteiger partial charge in [0.25, 0.3) is 0 Å². The monoisotopic (exact) mass is 902 g/mol. The van der Waals surface area contributed by atoms with Crippen LogP contribution in [0.25, 0.3) is 0 Å². The number of unbranched alkanes of at least 4 members (excludes halogenated alkanes) is 34. The standard InChI is InChI=1S/C52H103NO10/c1-3-5-7-9-11-13-15-17-19-21-22-23-24-26-28-30-32-34-36-38-40-45(56)51(61)53-43(42-62-52-50(60)49(59)48(58)46(41-54)63-52)47(57)44(55)39-37-35-33-31-29-27-25-20-18-16-14-12-10-8-6-4-2/h43-50,52,54-60H,3-42H2,1-2H3,(H,53,61).